The summed E-state index contributed by atoms with van der Waals surface area (Å²) in [6, 6.07) is 0. The number of carbonyl (C=O) groups excluding carboxylic acids is 1. The van der Waals surface area contributed by atoms with E-state index in [1.54, 1.807) is 0 Å². The van der Waals surface area contributed by atoms with Crippen molar-refractivity contribution in [3.63, 3.8) is 0 Å². The molecule has 0 saturated heterocycles. The molecular formula is C6H8AlF3N2O2. The third-order valence-corrected chi connectivity index (χ3v) is 1.39. The zero-order valence-electron chi connectivity index (χ0n) is 7.55. The van der Waals surface area contributed by atoms with E-state index >= 15 is 0 Å². The molecule has 0 radical (unpaired) electrons. The van der Waals surface area contributed by atoms with Crippen molar-refractivity contribution in [2.75, 3.05) is 7.11 Å². The Labute approximate surface area is 86.4 Å². The molecule has 0 atom stereocenters. The fraction of sp³-hybridized carbons (Fsp3) is 0.333. The van der Waals surface area contributed by atoms with Crippen LogP contribution in [0.2, 0.25) is 0 Å². The number of hydrogen-bond donors (Lipinski definition) is 1. The summed E-state index contributed by atoms with van der Waals surface area (Å²) in [5.41, 5.74) is -1.16. The molecule has 0 heterocycles. The third kappa shape index (κ3) is 4.89. The van der Waals surface area contributed by atoms with Crippen LogP contribution in [0, 0.1) is 0 Å². The second-order valence-corrected chi connectivity index (χ2v) is 2.55. The van der Waals surface area contributed by atoms with E-state index in [2.05, 4.69) is 14.2 Å². The molecule has 14 heavy (non-hydrogen) atoms. The number of nitrogens with zero attached hydrogens (tertiary/aromatic N) is 1. The minimum atomic E-state index is -4.61. The van der Waals surface area contributed by atoms with Crippen LogP contribution in [0.3, 0.4) is 0 Å². The molecule has 1 N–H and O–H groups in total. The van der Waals surface area contributed by atoms with Crippen LogP contribution in [0.5, 0.6) is 0 Å². The van der Waals surface area contributed by atoms with E-state index in [4.69, 9.17) is 0 Å². The first-order chi connectivity index (χ1) is 6.41. The fourth-order valence-corrected chi connectivity index (χ4v) is 0.641. The molecule has 0 amide bonds. The maximum absolute atomic E-state index is 12.2. The SMILES string of the molecule is COC(=O)/C=C(\C=N\[NH][AlH2])C(F)(F)F. The lowest BCUT2D eigenvalue weighted by molar-refractivity contribution is -0.135. The Morgan fingerprint density at radius 2 is 2.14 bits per heavy atom. The molecule has 78 valence electrons. The van der Waals surface area contributed by atoms with E-state index < -0.39 is 17.7 Å². The van der Waals surface area contributed by atoms with Gasteiger partial charge in [-0.15, -0.1) is 0 Å². The predicted octanol–water partition coefficient (Wildman–Crippen LogP) is -0.228. The summed E-state index contributed by atoms with van der Waals surface area (Å²) in [5.74, 6) is -1.07. The summed E-state index contributed by atoms with van der Waals surface area (Å²) in [7, 11) is 0.995. The molecule has 0 spiro atoms. The molecule has 0 unspecified atom stereocenters. The first-order valence-electron chi connectivity index (χ1n) is 3.48. The normalized spacial score (nSPS) is 13.0. The molecule has 0 saturated carbocycles. The number of carbonyl (C=O) groups is 1. The van der Waals surface area contributed by atoms with E-state index in [1.807, 2.05) is 0 Å². The molecule has 8 heteroatoms. The van der Waals surface area contributed by atoms with Gasteiger partial charge in [0.25, 0.3) is 0 Å². The smallest absolute Gasteiger partial charge is 0.418 e. The molecule has 0 aromatic heterocycles. The van der Waals surface area contributed by atoms with E-state index in [1.165, 1.54) is 0 Å². The van der Waals surface area contributed by atoms with Gasteiger partial charge in [0, 0.05) is 6.08 Å². The van der Waals surface area contributed by atoms with Crippen LogP contribution < -0.4 is 4.41 Å². The first kappa shape index (κ1) is 13.0. The highest BCUT2D eigenvalue weighted by Gasteiger charge is 2.33. The van der Waals surface area contributed by atoms with E-state index in [9.17, 15) is 18.0 Å². The van der Waals surface area contributed by atoms with Crippen LogP contribution in [-0.4, -0.2) is 42.0 Å². The average Bonchev–Trinajstić information content (AvgIpc) is 2.09. The highest BCUT2D eigenvalue weighted by atomic mass is 27.1. The summed E-state index contributed by atoms with van der Waals surface area (Å²) >= 11 is 0.422. The Morgan fingerprint density at radius 1 is 1.57 bits per heavy atom. The van der Waals surface area contributed by atoms with Crippen LogP contribution in [0.15, 0.2) is 16.8 Å². The minimum Gasteiger partial charge on any atom is -0.466 e. The summed E-state index contributed by atoms with van der Waals surface area (Å²) in [6.07, 6.45) is -3.75. The highest BCUT2D eigenvalue weighted by Crippen LogP contribution is 2.23. The number of alkyl halides is 3. The zero-order chi connectivity index (χ0) is 11.2. The van der Waals surface area contributed by atoms with E-state index in [0.717, 1.165) is 7.11 Å². The summed E-state index contributed by atoms with van der Waals surface area (Å²) in [4.78, 5) is 10.6. The molecular weight excluding hydrogens is 216 g/mol. The number of hydrazone groups is 1. The second kappa shape index (κ2) is 5.67. The van der Waals surface area contributed by atoms with Gasteiger partial charge in [0.2, 0.25) is 0 Å². The lowest BCUT2D eigenvalue weighted by atomic mass is 10.2. The summed E-state index contributed by atoms with van der Waals surface area (Å²) < 4.78 is 42.8. The number of allylic oxidation sites excluding steroid dienone is 1. The monoisotopic (exact) mass is 224 g/mol. The number of halogens is 3. The van der Waals surface area contributed by atoms with Crippen molar-refractivity contribution in [3.05, 3.63) is 11.6 Å². The van der Waals surface area contributed by atoms with Gasteiger partial charge >= 0.3 is 28.7 Å². The van der Waals surface area contributed by atoms with Crippen molar-refractivity contribution in [1.29, 1.82) is 0 Å². The van der Waals surface area contributed by atoms with Crippen molar-refractivity contribution in [3.8, 4) is 0 Å². The van der Waals surface area contributed by atoms with E-state index in [-0.39, 0.29) is 0 Å². The number of hydrogen-bond acceptors (Lipinski definition) is 4. The van der Waals surface area contributed by atoms with Gasteiger partial charge in [0.15, 0.2) is 0 Å². The lowest BCUT2D eigenvalue weighted by Gasteiger charge is -2.05. The maximum Gasteiger partial charge on any atom is 0.418 e. The molecule has 0 aliphatic rings. The van der Waals surface area contributed by atoms with Gasteiger partial charge in [-0.3, -0.25) is 0 Å². The Hall–Kier alpha value is -0.998. The molecule has 0 aromatic carbocycles. The van der Waals surface area contributed by atoms with Gasteiger partial charge in [-0.25, -0.2) is 9.90 Å². The lowest BCUT2D eigenvalue weighted by Crippen LogP contribution is -2.16. The minimum absolute atomic E-state index is 0.336. The number of methoxy groups -OCH3 is 1. The van der Waals surface area contributed by atoms with Crippen LogP contribution in [0.25, 0.3) is 0 Å². The standard InChI is InChI=1S/C6H7F3N2O2.Al.2H/c1-13-5(12)2-4(3-11-10)6(7,8)9;;;/h2-3H,1H3,(H2,10,12);;;/q;+1;;/p-1. The molecule has 0 bridgehead atoms. The fourth-order valence-electron chi connectivity index (χ4n) is 0.512. The Kier molecular flexibility index (Phi) is 5.27. The second-order valence-electron chi connectivity index (χ2n) is 2.10. The third-order valence-electron chi connectivity index (χ3n) is 1.13. The van der Waals surface area contributed by atoms with Crippen molar-refractivity contribution >= 4 is 28.7 Å². The van der Waals surface area contributed by atoms with Gasteiger partial charge in [-0.05, 0) is 0 Å². The summed E-state index contributed by atoms with van der Waals surface area (Å²) in [6.45, 7) is 0. The Morgan fingerprint density at radius 3 is 2.50 bits per heavy atom. The number of rotatable bonds is 3. The van der Waals surface area contributed by atoms with Gasteiger partial charge in [-0.1, -0.05) is 0 Å². The number of esters is 1. The number of nitrogens with one attached hydrogen (secondary N) is 1. The quantitative estimate of drug-likeness (QED) is 0.237. The van der Waals surface area contributed by atoms with Gasteiger partial charge in [-0.2, -0.15) is 13.2 Å². The molecule has 0 aliphatic carbocycles. The molecule has 0 aliphatic heterocycles. The molecule has 4 nitrogen and oxygen atoms in total. The van der Waals surface area contributed by atoms with E-state index in [0.29, 0.717) is 28.8 Å². The van der Waals surface area contributed by atoms with Crippen LogP contribution >= 0.6 is 0 Å². The zero-order valence-corrected chi connectivity index (χ0v) is 9.55. The maximum atomic E-state index is 12.2. The Bertz CT molecular complexity index is 262. The first-order valence-corrected chi connectivity index (χ1v) is 4.48. The van der Waals surface area contributed by atoms with Crippen molar-refractivity contribution in [2.45, 2.75) is 6.18 Å². The Balaban J connectivity index is 4.82. The molecule has 0 rings (SSSR count). The average molecular weight is 224 g/mol. The largest absolute Gasteiger partial charge is 0.466 e. The molecule has 0 aromatic rings. The molecule has 0 fully saturated rings. The van der Waals surface area contributed by atoms with Gasteiger partial charge in [0.05, 0.1) is 18.9 Å². The van der Waals surface area contributed by atoms with Crippen molar-refractivity contribution in [1.82, 2.24) is 4.41 Å². The van der Waals surface area contributed by atoms with Gasteiger partial charge < -0.3 is 9.15 Å². The highest BCUT2D eigenvalue weighted by molar-refractivity contribution is 6.04. The van der Waals surface area contributed by atoms with Crippen LogP contribution in [0.1, 0.15) is 0 Å². The van der Waals surface area contributed by atoms with Crippen LogP contribution in [0.4, 0.5) is 13.2 Å². The van der Waals surface area contributed by atoms with Crippen molar-refractivity contribution < 1.29 is 22.7 Å². The van der Waals surface area contributed by atoms with Gasteiger partial charge in [0.1, 0.15) is 0 Å². The topological polar surface area (TPSA) is 50.7 Å². The van der Waals surface area contributed by atoms with Crippen molar-refractivity contribution in [2.24, 2.45) is 5.10 Å². The summed E-state index contributed by atoms with van der Waals surface area (Å²) in [5, 5.41) is 3.22. The predicted molar refractivity (Wildman–Crippen MR) is 46.3 cm³/mol. The van der Waals surface area contributed by atoms with Crippen LogP contribution in [-0.2, 0) is 9.53 Å². The number of ether oxygens (including phenoxy) is 1.